The summed E-state index contributed by atoms with van der Waals surface area (Å²) in [7, 11) is -2.96. The van der Waals surface area contributed by atoms with E-state index in [1.807, 2.05) is 60.7 Å². The molecule has 0 fully saturated rings. The van der Waals surface area contributed by atoms with Gasteiger partial charge >= 0.3 is 0 Å². The van der Waals surface area contributed by atoms with Crippen LogP contribution in [0.2, 0.25) is 0 Å². The van der Waals surface area contributed by atoms with E-state index in [2.05, 4.69) is 0 Å². The predicted octanol–water partition coefficient (Wildman–Crippen LogP) is 4.81. The minimum Gasteiger partial charge on any atom is -0.309 e. The smallest absolute Gasteiger partial charge is 0.164 e. The summed E-state index contributed by atoms with van der Waals surface area (Å²) >= 11 is 0. The molecule has 0 atom stereocenters. The third-order valence-corrected chi connectivity index (χ3v) is 6.35. The van der Waals surface area contributed by atoms with Crippen molar-refractivity contribution in [3.05, 3.63) is 102 Å². The average Bonchev–Trinajstić information content (AvgIpc) is 2.62. The molecule has 0 saturated carbocycles. The van der Waals surface area contributed by atoms with Crippen molar-refractivity contribution in [3.63, 3.8) is 0 Å². The van der Waals surface area contributed by atoms with E-state index in [1.165, 1.54) is 6.07 Å². The van der Waals surface area contributed by atoms with Crippen LogP contribution < -0.4 is 10.6 Å². The van der Waals surface area contributed by atoms with Gasteiger partial charge in [-0.05, 0) is 18.0 Å². The van der Waals surface area contributed by atoms with Gasteiger partial charge in [0.15, 0.2) is 7.14 Å². The quantitative estimate of drug-likeness (QED) is 0.630. The molecule has 0 aliphatic carbocycles. The summed E-state index contributed by atoms with van der Waals surface area (Å²) in [6.07, 6.45) is 1.61. The van der Waals surface area contributed by atoms with E-state index in [-0.39, 0.29) is 5.82 Å². The van der Waals surface area contributed by atoms with Crippen molar-refractivity contribution < 1.29 is 8.96 Å². The Labute approximate surface area is 135 Å². The van der Waals surface area contributed by atoms with Crippen LogP contribution >= 0.6 is 7.14 Å². The second kappa shape index (κ2) is 6.76. The summed E-state index contributed by atoms with van der Waals surface area (Å²) < 4.78 is 27.5. The van der Waals surface area contributed by atoms with Gasteiger partial charge in [-0.25, -0.2) is 4.39 Å². The number of rotatable bonds is 4. The molecule has 0 aromatic heterocycles. The van der Waals surface area contributed by atoms with Gasteiger partial charge in [-0.1, -0.05) is 78.9 Å². The molecule has 0 N–H and O–H groups in total. The maximum atomic E-state index is 13.8. The number of hydrogen-bond acceptors (Lipinski definition) is 1. The van der Waals surface area contributed by atoms with Crippen molar-refractivity contribution in [1.29, 1.82) is 0 Å². The van der Waals surface area contributed by atoms with Gasteiger partial charge in [0.05, 0.1) is 0 Å². The van der Waals surface area contributed by atoms with Crippen LogP contribution in [0.15, 0.2) is 90.7 Å². The largest absolute Gasteiger partial charge is 0.309 e. The van der Waals surface area contributed by atoms with Crippen LogP contribution in [-0.4, -0.2) is 0 Å². The fourth-order valence-corrected chi connectivity index (χ4v) is 4.66. The monoisotopic (exact) mass is 322 g/mol. The van der Waals surface area contributed by atoms with E-state index in [0.29, 0.717) is 5.56 Å². The zero-order chi connectivity index (χ0) is 16.1. The first-order valence-corrected chi connectivity index (χ1v) is 9.12. The van der Waals surface area contributed by atoms with Crippen LogP contribution in [0, 0.1) is 5.82 Å². The SMILES string of the molecule is O=P(/C=C/c1ccccc1F)(c1ccccc1)c1ccccc1. The average molecular weight is 322 g/mol. The standard InChI is InChI=1S/C20H16FOP/c21-20-14-8-7-9-17(20)15-16-23(22,18-10-3-1-4-11-18)19-12-5-2-6-13-19/h1-16H/b16-15+. The molecular weight excluding hydrogens is 306 g/mol. The Morgan fingerprint density at radius 2 is 1.17 bits per heavy atom. The lowest BCUT2D eigenvalue weighted by atomic mass is 10.2. The Morgan fingerprint density at radius 3 is 1.70 bits per heavy atom. The van der Waals surface area contributed by atoms with Crippen LogP contribution in [0.25, 0.3) is 6.08 Å². The highest BCUT2D eigenvalue weighted by atomic mass is 31.2. The second-order valence-electron chi connectivity index (χ2n) is 5.17. The highest BCUT2D eigenvalue weighted by molar-refractivity contribution is 7.81. The molecule has 3 heteroatoms. The number of benzene rings is 3. The molecular formula is C20H16FOP. The summed E-state index contributed by atoms with van der Waals surface area (Å²) in [4.78, 5) is 0. The van der Waals surface area contributed by atoms with E-state index in [4.69, 9.17) is 0 Å². The molecule has 0 amide bonds. The molecule has 3 rings (SSSR count). The van der Waals surface area contributed by atoms with Crippen LogP contribution in [-0.2, 0) is 4.57 Å². The van der Waals surface area contributed by atoms with Gasteiger partial charge in [-0.15, -0.1) is 0 Å². The summed E-state index contributed by atoms with van der Waals surface area (Å²) in [5.41, 5.74) is 0.430. The summed E-state index contributed by atoms with van der Waals surface area (Å²) in [6, 6.07) is 25.1. The molecule has 1 nitrogen and oxygen atoms in total. The van der Waals surface area contributed by atoms with Crippen molar-refractivity contribution in [2.75, 3.05) is 0 Å². The van der Waals surface area contributed by atoms with E-state index in [9.17, 15) is 8.96 Å². The lowest BCUT2D eigenvalue weighted by molar-refractivity contribution is 0.592. The molecule has 0 aliphatic heterocycles. The molecule has 0 saturated heterocycles. The second-order valence-corrected chi connectivity index (χ2v) is 7.81. The van der Waals surface area contributed by atoms with Crippen LogP contribution in [0.5, 0.6) is 0 Å². The number of hydrogen-bond donors (Lipinski definition) is 0. The molecule has 114 valence electrons. The summed E-state index contributed by atoms with van der Waals surface area (Å²) in [5.74, 6) is 1.31. The third-order valence-electron chi connectivity index (χ3n) is 3.65. The Bertz CT molecular complexity index is 814. The van der Waals surface area contributed by atoms with E-state index >= 15 is 0 Å². The zero-order valence-electron chi connectivity index (χ0n) is 12.5. The molecule has 3 aromatic carbocycles. The van der Waals surface area contributed by atoms with Gasteiger partial charge in [0.1, 0.15) is 5.82 Å². The minimum atomic E-state index is -2.96. The van der Waals surface area contributed by atoms with E-state index in [1.54, 1.807) is 30.1 Å². The van der Waals surface area contributed by atoms with Crippen molar-refractivity contribution in [3.8, 4) is 0 Å². The zero-order valence-corrected chi connectivity index (χ0v) is 13.4. The highest BCUT2D eigenvalue weighted by Gasteiger charge is 2.23. The van der Waals surface area contributed by atoms with Gasteiger partial charge in [0, 0.05) is 16.2 Å². The minimum absolute atomic E-state index is 0.323. The predicted molar refractivity (Wildman–Crippen MR) is 95.2 cm³/mol. The van der Waals surface area contributed by atoms with Crippen molar-refractivity contribution in [2.45, 2.75) is 0 Å². The van der Waals surface area contributed by atoms with Crippen LogP contribution in [0.1, 0.15) is 5.56 Å². The molecule has 3 aromatic rings. The van der Waals surface area contributed by atoms with E-state index in [0.717, 1.165) is 10.6 Å². The molecule has 0 heterocycles. The molecule has 0 aliphatic rings. The molecule has 0 radical (unpaired) electrons. The van der Waals surface area contributed by atoms with Gasteiger partial charge in [-0.3, -0.25) is 0 Å². The number of halogens is 1. The highest BCUT2D eigenvalue weighted by Crippen LogP contribution is 2.45. The topological polar surface area (TPSA) is 17.1 Å². The van der Waals surface area contributed by atoms with Crippen LogP contribution in [0.3, 0.4) is 0 Å². The van der Waals surface area contributed by atoms with Gasteiger partial charge in [-0.2, -0.15) is 0 Å². The van der Waals surface area contributed by atoms with Gasteiger partial charge in [0.2, 0.25) is 0 Å². The first-order chi connectivity index (χ1) is 11.2. The van der Waals surface area contributed by atoms with Crippen molar-refractivity contribution in [2.24, 2.45) is 0 Å². The first-order valence-electron chi connectivity index (χ1n) is 7.35. The fraction of sp³-hybridized carbons (Fsp3) is 0. The summed E-state index contributed by atoms with van der Waals surface area (Å²) in [5, 5.41) is 1.47. The lowest BCUT2D eigenvalue weighted by Gasteiger charge is -2.15. The first kappa shape index (κ1) is 15.5. The molecule has 0 spiro atoms. The maximum absolute atomic E-state index is 13.8. The molecule has 23 heavy (non-hydrogen) atoms. The third kappa shape index (κ3) is 3.33. The van der Waals surface area contributed by atoms with E-state index < -0.39 is 7.14 Å². The Kier molecular flexibility index (Phi) is 4.55. The van der Waals surface area contributed by atoms with Crippen molar-refractivity contribution >= 4 is 23.8 Å². The summed E-state index contributed by atoms with van der Waals surface area (Å²) in [6.45, 7) is 0. The Hall–Kier alpha value is -2.44. The van der Waals surface area contributed by atoms with Crippen molar-refractivity contribution in [1.82, 2.24) is 0 Å². The van der Waals surface area contributed by atoms with Gasteiger partial charge in [0.25, 0.3) is 0 Å². The lowest BCUT2D eigenvalue weighted by Crippen LogP contribution is -2.13. The Balaban J connectivity index is 2.11. The molecule has 0 bridgehead atoms. The maximum Gasteiger partial charge on any atom is 0.164 e. The molecule has 0 unspecified atom stereocenters. The normalized spacial score (nSPS) is 11.7. The van der Waals surface area contributed by atoms with Gasteiger partial charge < -0.3 is 4.57 Å². The Morgan fingerprint density at radius 1 is 0.696 bits per heavy atom. The fourth-order valence-electron chi connectivity index (χ4n) is 2.42. The van der Waals surface area contributed by atoms with Crippen LogP contribution in [0.4, 0.5) is 4.39 Å².